The lowest BCUT2D eigenvalue weighted by molar-refractivity contribution is 0.100. The third-order valence-electron chi connectivity index (χ3n) is 5.45. The number of benzene rings is 1. The lowest BCUT2D eigenvalue weighted by Crippen LogP contribution is -2.43. The van der Waals surface area contributed by atoms with E-state index >= 15 is 0 Å². The zero-order chi connectivity index (χ0) is 21.4. The van der Waals surface area contributed by atoms with Crippen LogP contribution < -0.4 is 22.1 Å². The van der Waals surface area contributed by atoms with E-state index in [4.69, 9.17) is 11.5 Å². The maximum absolute atomic E-state index is 14.6. The van der Waals surface area contributed by atoms with Crippen molar-refractivity contribution < 1.29 is 13.6 Å². The summed E-state index contributed by atoms with van der Waals surface area (Å²) in [6, 6.07) is 5.68. The van der Waals surface area contributed by atoms with Gasteiger partial charge in [-0.3, -0.25) is 9.48 Å². The van der Waals surface area contributed by atoms with Crippen molar-refractivity contribution in [1.29, 1.82) is 0 Å². The normalized spacial score (nSPS) is 19.1. The first-order chi connectivity index (χ1) is 14.3. The minimum Gasteiger partial charge on any atom is -0.365 e. The van der Waals surface area contributed by atoms with E-state index in [0.717, 1.165) is 31.7 Å². The highest BCUT2D eigenvalue weighted by atomic mass is 19.1. The molecule has 0 aliphatic heterocycles. The van der Waals surface area contributed by atoms with Crippen molar-refractivity contribution in [3.05, 3.63) is 41.6 Å². The maximum Gasteiger partial charge on any atom is 0.252 e. The van der Waals surface area contributed by atoms with Crippen molar-refractivity contribution in [2.24, 2.45) is 18.5 Å². The number of aryl methyl sites for hydroxylation is 1. The lowest BCUT2D eigenvalue weighted by atomic mass is 9.91. The summed E-state index contributed by atoms with van der Waals surface area (Å²) in [5.74, 6) is -1.99. The molecule has 158 valence electrons. The molecule has 6 N–H and O–H groups in total. The molecule has 2 unspecified atom stereocenters. The number of halogens is 2. The number of nitrogens with zero attached hydrogens (tertiary/aromatic N) is 3. The van der Waals surface area contributed by atoms with Crippen LogP contribution >= 0.6 is 0 Å². The first-order valence-electron chi connectivity index (χ1n) is 9.75. The van der Waals surface area contributed by atoms with Crippen LogP contribution in [-0.4, -0.2) is 32.8 Å². The molecular formula is C20H23F2N7O. The molecule has 0 spiro atoms. The van der Waals surface area contributed by atoms with Crippen LogP contribution in [-0.2, 0) is 7.05 Å². The Morgan fingerprint density at radius 1 is 1.20 bits per heavy atom. The molecule has 2 heterocycles. The van der Waals surface area contributed by atoms with Crippen LogP contribution in [0.5, 0.6) is 0 Å². The summed E-state index contributed by atoms with van der Waals surface area (Å²) in [5.41, 5.74) is 12.5. The van der Waals surface area contributed by atoms with Crippen molar-refractivity contribution in [2.45, 2.75) is 37.8 Å². The Kier molecular flexibility index (Phi) is 5.25. The molecule has 4 rings (SSSR count). The molecule has 0 radical (unpaired) electrons. The molecule has 1 amide bonds. The predicted molar refractivity (Wildman–Crippen MR) is 111 cm³/mol. The Hall–Kier alpha value is -3.27. The molecule has 2 atom stereocenters. The van der Waals surface area contributed by atoms with Gasteiger partial charge in [-0.15, -0.1) is 5.10 Å². The summed E-state index contributed by atoms with van der Waals surface area (Å²) in [5, 5.41) is 10.2. The van der Waals surface area contributed by atoms with Crippen molar-refractivity contribution in [3.63, 3.8) is 0 Å². The number of amides is 1. The third kappa shape index (κ3) is 3.78. The highest BCUT2D eigenvalue weighted by molar-refractivity contribution is 5.99. The van der Waals surface area contributed by atoms with Crippen LogP contribution in [0.15, 0.2) is 24.3 Å². The molecule has 1 aliphatic carbocycles. The molecule has 0 bridgehead atoms. The van der Waals surface area contributed by atoms with Crippen LogP contribution in [0.4, 0.5) is 26.1 Å². The van der Waals surface area contributed by atoms with Crippen molar-refractivity contribution in [3.8, 4) is 0 Å². The molecule has 1 fully saturated rings. The summed E-state index contributed by atoms with van der Waals surface area (Å²) >= 11 is 0. The van der Waals surface area contributed by atoms with Crippen LogP contribution in [0, 0.1) is 11.8 Å². The van der Waals surface area contributed by atoms with Gasteiger partial charge >= 0.3 is 0 Å². The van der Waals surface area contributed by atoms with Crippen molar-refractivity contribution >= 4 is 34.1 Å². The first kappa shape index (κ1) is 20.0. The van der Waals surface area contributed by atoms with Crippen LogP contribution in [0.3, 0.4) is 0 Å². The Bertz CT molecular complexity index is 1110. The molecule has 1 saturated carbocycles. The van der Waals surface area contributed by atoms with Gasteiger partial charge in [0.15, 0.2) is 11.6 Å². The summed E-state index contributed by atoms with van der Waals surface area (Å²) < 4.78 is 29.8. The molecule has 2 aromatic heterocycles. The molecular weight excluding hydrogens is 392 g/mol. The SMILES string of the molecule is Cn1nc(F)c2ccc(Nc3nc(NC4CCCCC4N)c(F)cc3C(N)=O)cc21. The minimum atomic E-state index is -0.822. The number of hydrogen-bond donors (Lipinski definition) is 4. The number of primary amides is 1. The van der Waals surface area contributed by atoms with Crippen molar-refractivity contribution in [2.75, 3.05) is 10.6 Å². The molecule has 0 saturated heterocycles. The van der Waals surface area contributed by atoms with Gasteiger partial charge < -0.3 is 22.1 Å². The fourth-order valence-electron chi connectivity index (χ4n) is 3.82. The monoisotopic (exact) mass is 415 g/mol. The predicted octanol–water partition coefficient (Wildman–Crippen LogP) is 2.77. The van der Waals surface area contributed by atoms with E-state index in [1.54, 1.807) is 25.2 Å². The van der Waals surface area contributed by atoms with Gasteiger partial charge in [-0.2, -0.15) is 4.39 Å². The summed E-state index contributed by atoms with van der Waals surface area (Å²) in [6.07, 6.45) is 3.70. The van der Waals surface area contributed by atoms with Gasteiger partial charge in [-0.25, -0.2) is 9.37 Å². The number of carbonyl (C=O) groups is 1. The fraction of sp³-hybridized carbons (Fsp3) is 0.350. The average Bonchev–Trinajstić information content (AvgIpc) is 2.99. The number of aromatic nitrogens is 3. The Balaban J connectivity index is 1.68. The molecule has 8 nitrogen and oxygen atoms in total. The summed E-state index contributed by atoms with van der Waals surface area (Å²) in [6.45, 7) is 0. The van der Waals surface area contributed by atoms with Crippen LogP contribution in [0.2, 0.25) is 0 Å². The molecule has 1 aliphatic rings. The average molecular weight is 415 g/mol. The Labute approximate surface area is 171 Å². The molecule has 1 aromatic carbocycles. The molecule has 3 aromatic rings. The summed E-state index contributed by atoms with van der Waals surface area (Å²) in [4.78, 5) is 16.1. The van der Waals surface area contributed by atoms with Gasteiger partial charge in [0.05, 0.1) is 16.5 Å². The van der Waals surface area contributed by atoms with E-state index in [1.807, 2.05) is 0 Å². The smallest absolute Gasteiger partial charge is 0.252 e. The standard InChI is InChI=1S/C20H23F2N7O/c1-29-16-8-10(6-7-11(16)17(22)28-29)25-19-12(18(24)30)9-13(21)20(27-19)26-15-5-3-2-4-14(15)23/h6-9,14-15H,2-5,23H2,1H3,(H2,24,30)(H2,25,26,27). The van der Waals surface area contributed by atoms with Gasteiger partial charge in [-0.05, 0) is 37.1 Å². The highest BCUT2D eigenvalue weighted by Gasteiger charge is 2.24. The van der Waals surface area contributed by atoms with Gasteiger partial charge in [-0.1, -0.05) is 12.8 Å². The van der Waals surface area contributed by atoms with Gasteiger partial charge in [0, 0.05) is 24.8 Å². The number of pyridine rings is 1. The second kappa shape index (κ2) is 7.86. The number of anilines is 3. The number of hydrogen-bond acceptors (Lipinski definition) is 6. The topological polar surface area (TPSA) is 124 Å². The zero-order valence-electron chi connectivity index (χ0n) is 16.5. The quantitative estimate of drug-likeness (QED) is 0.508. The van der Waals surface area contributed by atoms with Crippen LogP contribution in [0.1, 0.15) is 36.0 Å². The zero-order valence-corrected chi connectivity index (χ0v) is 16.5. The van der Waals surface area contributed by atoms with E-state index in [2.05, 4.69) is 20.7 Å². The highest BCUT2D eigenvalue weighted by Crippen LogP contribution is 2.28. The lowest BCUT2D eigenvalue weighted by Gasteiger charge is -2.30. The van der Waals surface area contributed by atoms with E-state index in [0.29, 0.717) is 16.6 Å². The number of nitrogens with two attached hydrogens (primary N) is 2. The van der Waals surface area contributed by atoms with E-state index in [-0.39, 0.29) is 29.3 Å². The second-order valence-electron chi connectivity index (χ2n) is 7.55. The van der Waals surface area contributed by atoms with Gasteiger partial charge in [0.2, 0.25) is 5.95 Å². The number of rotatable bonds is 5. The minimum absolute atomic E-state index is 0.00231. The summed E-state index contributed by atoms with van der Waals surface area (Å²) in [7, 11) is 1.62. The maximum atomic E-state index is 14.6. The van der Waals surface area contributed by atoms with E-state index in [1.165, 1.54) is 4.68 Å². The second-order valence-corrected chi connectivity index (χ2v) is 7.55. The van der Waals surface area contributed by atoms with Crippen molar-refractivity contribution in [1.82, 2.24) is 14.8 Å². The number of carbonyl (C=O) groups excluding carboxylic acids is 1. The van der Waals surface area contributed by atoms with Gasteiger partial charge in [0.1, 0.15) is 5.82 Å². The fourth-order valence-corrected chi connectivity index (χ4v) is 3.82. The number of nitrogens with one attached hydrogen (secondary N) is 2. The Morgan fingerprint density at radius 3 is 2.70 bits per heavy atom. The number of fused-ring (bicyclic) bond motifs is 1. The van der Waals surface area contributed by atoms with E-state index < -0.39 is 17.7 Å². The molecule has 30 heavy (non-hydrogen) atoms. The Morgan fingerprint density at radius 2 is 1.97 bits per heavy atom. The molecule has 10 heteroatoms. The third-order valence-corrected chi connectivity index (χ3v) is 5.45. The largest absolute Gasteiger partial charge is 0.365 e. The van der Waals surface area contributed by atoms with Gasteiger partial charge in [0.25, 0.3) is 5.91 Å². The first-order valence-corrected chi connectivity index (χ1v) is 9.75. The van der Waals surface area contributed by atoms with Crippen LogP contribution in [0.25, 0.3) is 10.9 Å². The van der Waals surface area contributed by atoms with E-state index in [9.17, 15) is 13.6 Å².